The third-order valence-electron chi connectivity index (χ3n) is 3.01. The molecule has 1 aromatic heterocycles. The predicted molar refractivity (Wildman–Crippen MR) is 71.3 cm³/mol. The number of hydrogen-bond acceptors (Lipinski definition) is 3. The maximum Gasteiger partial charge on any atom is 0.0931 e. The Labute approximate surface area is 106 Å². The Morgan fingerprint density at radius 2 is 2.38 bits per heavy atom. The molecule has 0 bridgehead atoms. The molecule has 1 fully saturated rings. The minimum absolute atomic E-state index is 0.730. The molecule has 16 heavy (non-hydrogen) atoms. The van der Waals surface area contributed by atoms with E-state index in [0.29, 0.717) is 0 Å². The second-order valence-corrected chi connectivity index (χ2v) is 6.12. The van der Waals surface area contributed by atoms with Crippen molar-refractivity contribution in [1.29, 1.82) is 0 Å². The SMILES string of the molecule is Clc1ccc(CNCCC2CCCCN2)s1. The zero-order valence-corrected chi connectivity index (χ0v) is 11.0. The van der Waals surface area contributed by atoms with Crippen molar-refractivity contribution in [1.82, 2.24) is 10.6 Å². The minimum atomic E-state index is 0.730. The van der Waals surface area contributed by atoms with E-state index >= 15 is 0 Å². The maximum absolute atomic E-state index is 5.88. The molecule has 0 saturated carbocycles. The molecule has 1 atom stereocenters. The third kappa shape index (κ3) is 4.06. The summed E-state index contributed by atoms with van der Waals surface area (Å²) in [5.41, 5.74) is 0. The van der Waals surface area contributed by atoms with Crippen LogP contribution in [0.1, 0.15) is 30.6 Å². The molecule has 4 heteroatoms. The predicted octanol–water partition coefficient (Wildman–Crippen LogP) is 3.02. The molecular weight excluding hydrogens is 240 g/mol. The van der Waals surface area contributed by atoms with Gasteiger partial charge < -0.3 is 10.6 Å². The number of hydrogen-bond donors (Lipinski definition) is 2. The highest BCUT2D eigenvalue weighted by molar-refractivity contribution is 7.16. The van der Waals surface area contributed by atoms with Crippen molar-refractivity contribution in [2.75, 3.05) is 13.1 Å². The molecule has 2 nitrogen and oxygen atoms in total. The van der Waals surface area contributed by atoms with Crippen LogP contribution in [0.25, 0.3) is 0 Å². The zero-order valence-electron chi connectivity index (χ0n) is 9.47. The first-order valence-electron chi connectivity index (χ1n) is 6.03. The molecule has 2 rings (SSSR count). The van der Waals surface area contributed by atoms with E-state index in [4.69, 9.17) is 11.6 Å². The molecule has 90 valence electrons. The van der Waals surface area contributed by atoms with Crippen LogP contribution in [0.5, 0.6) is 0 Å². The lowest BCUT2D eigenvalue weighted by molar-refractivity contribution is 0.376. The van der Waals surface area contributed by atoms with Crippen LogP contribution in [0.15, 0.2) is 12.1 Å². The van der Waals surface area contributed by atoms with E-state index in [1.165, 1.54) is 37.1 Å². The van der Waals surface area contributed by atoms with Crippen molar-refractivity contribution in [2.24, 2.45) is 0 Å². The molecular formula is C12H19ClN2S. The molecule has 1 aliphatic heterocycles. The minimum Gasteiger partial charge on any atom is -0.314 e. The van der Waals surface area contributed by atoms with Gasteiger partial charge in [0.2, 0.25) is 0 Å². The number of piperidine rings is 1. The molecule has 0 amide bonds. The van der Waals surface area contributed by atoms with Crippen molar-refractivity contribution in [2.45, 2.75) is 38.3 Å². The molecule has 1 saturated heterocycles. The molecule has 0 spiro atoms. The Morgan fingerprint density at radius 3 is 3.06 bits per heavy atom. The van der Waals surface area contributed by atoms with Gasteiger partial charge in [0.15, 0.2) is 0 Å². The standard InChI is InChI=1S/C12H19ClN2S/c13-12-5-4-11(16-12)9-14-8-6-10-3-1-2-7-15-10/h4-5,10,14-15H,1-3,6-9H2. The van der Waals surface area contributed by atoms with Gasteiger partial charge in [-0.1, -0.05) is 18.0 Å². The van der Waals surface area contributed by atoms with E-state index in [0.717, 1.165) is 23.5 Å². The van der Waals surface area contributed by atoms with Crippen LogP contribution in [0.3, 0.4) is 0 Å². The van der Waals surface area contributed by atoms with Gasteiger partial charge >= 0.3 is 0 Å². The van der Waals surface area contributed by atoms with Gasteiger partial charge in [-0.3, -0.25) is 0 Å². The quantitative estimate of drug-likeness (QED) is 0.794. The van der Waals surface area contributed by atoms with Crippen molar-refractivity contribution >= 4 is 22.9 Å². The summed E-state index contributed by atoms with van der Waals surface area (Å²) in [6.45, 7) is 3.24. The Bertz CT molecular complexity index is 308. The Morgan fingerprint density at radius 1 is 1.44 bits per heavy atom. The van der Waals surface area contributed by atoms with Crippen LogP contribution in [-0.2, 0) is 6.54 Å². The van der Waals surface area contributed by atoms with Crippen molar-refractivity contribution in [3.8, 4) is 0 Å². The van der Waals surface area contributed by atoms with E-state index in [9.17, 15) is 0 Å². The molecule has 2 heterocycles. The smallest absolute Gasteiger partial charge is 0.0931 e. The van der Waals surface area contributed by atoms with Crippen LogP contribution in [0.4, 0.5) is 0 Å². The average Bonchev–Trinajstić information content (AvgIpc) is 2.72. The molecule has 1 aromatic rings. The summed E-state index contributed by atoms with van der Waals surface area (Å²) in [4.78, 5) is 1.32. The number of rotatable bonds is 5. The first-order chi connectivity index (χ1) is 7.84. The summed E-state index contributed by atoms with van der Waals surface area (Å²) in [7, 11) is 0. The third-order valence-corrected chi connectivity index (χ3v) is 4.24. The molecule has 1 unspecified atom stereocenters. The lowest BCUT2D eigenvalue weighted by Gasteiger charge is -2.23. The summed E-state index contributed by atoms with van der Waals surface area (Å²) >= 11 is 7.54. The number of nitrogens with one attached hydrogen (secondary N) is 2. The van der Waals surface area contributed by atoms with E-state index < -0.39 is 0 Å². The first kappa shape index (κ1) is 12.4. The Kier molecular flexibility index (Phi) is 5.10. The molecule has 0 aliphatic carbocycles. The number of halogens is 1. The molecule has 2 N–H and O–H groups in total. The van der Waals surface area contributed by atoms with Crippen molar-refractivity contribution in [3.63, 3.8) is 0 Å². The van der Waals surface area contributed by atoms with Gasteiger partial charge in [0.25, 0.3) is 0 Å². The fraction of sp³-hybridized carbons (Fsp3) is 0.667. The lowest BCUT2D eigenvalue weighted by atomic mass is 10.0. The van der Waals surface area contributed by atoms with E-state index in [2.05, 4.69) is 16.7 Å². The van der Waals surface area contributed by atoms with Crippen LogP contribution < -0.4 is 10.6 Å². The Balaban J connectivity index is 1.57. The highest BCUT2D eigenvalue weighted by Crippen LogP contribution is 2.21. The van der Waals surface area contributed by atoms with Crippen molar-refractivity contribution < 1.29 is 0 Å². The normalized spacial score (nSPS) is 21.2. The van der Waals surface area contributed by atoms with Gasteiger partial charge in [-0.15, -0.1) is 11.3 Å². The van der Waals surface area contributed by atoms with Gasteiger partial charge in [-0.05, 0) is 44.5 Å². The van der Waals surface area contributed by atoms with Crippen LogP contribution in [-0.4, -0.2) is 19.1 Å². The highest BCUT2D eigenvalue weighted by Gasteiger charge is 2.11. The summed E-state index contributed by atoms with van der Waals surface area (Å²) in [5, 5.41) is 7.04. The zero-order chi connectivity index (χ0) is 11.2. The van der Waals surface area contributed by atoms with Gasteiger partial charge in [0, 0.05) is 17.5 Å². The maximum atomic E-state index is 5.88. The van der Waals surface area contributed by atoms with Gasteiger partial charge in [0.05, 0.1) is 4.34 Å². The number of thiophene rings is 1. The molecule has 1 aliphatic rings. The summed E-state index contributed by atoms with van der Waals surface area (Å²) in [6.07, 6.45) is 5.31. The monoisotopic (exact) mass is 258 g/mol. The Hall–Kier alpha value is -0.0900. The average molecular weight is 259 g/mol. The topological polar surface area (TPSA) is 24.1 Å². The lowest BCUT2D eigenvalue weighted by Crippen LogP contribution is -2.36. The first-order valence-corrected chi connectivity index (χ1v) is 7.22. The van der Waals surface area contributed by atoms with Gasteiger partial charge in [-0.2, -0.15) is 0 Å². The second kappa shape index (κ2) is 6.60. The highest BCUT2D eigenvalue weighted by atomic mass is 35.5. The van der Waals surface area contributed by atoms with Gasteiger partial charge in [0.1, 0.15) is 0 Å². The van der Waals surface area contributed by atoms with Crippen LogP contribution in [0.2, 0.25) is 4.34 Å². The van der Waals surface area contributed by atoms with Crippen LogP contribution >= 0.6 is 22.9 Å². The molecule has 0 radical (unpaired) electrons. The van der Waals surface area contributed by atoms with Crippen molar-refractivity contribution in [3.05, 3.63) is 21.3 Å². The van der Waals surface area contributed by atoms with Gasteiger partial charge in [-0.25, -0.2) is 0 Å². The largest absolute Gasteiger partial charge is 0.314 e. The van der Waals surface area contributed by atoms with E-state index in [1.54, 1.807) is 11.3 Å². The fourth-order valence-electron chi connectivity index (χ4n) is 2.11. The summed E-state index contributed by atoms with van der Waals surface area (Å²) in [6, 6.07) is 4.79. The second-order valence-electron chi connectivity index (χ2n) is 4.32. The fourth-order valence-corrected chi connectivity index (χ4v) is 3.16. The molecule has 0 aromatic carbocycles. The van der Waals surface area contributed by atoms with E-state index in [-0.39, 0.29) is 0 Å². The van der Waals surface area contributed by atoms with Crippen LogP contribution in [0, 0.1) is 0 Å². The van der Waals surface area contributed by atoms with E-state index in [1.807, 2.05) is 6.07 Å². The summed E-state index contributed by atoms with van der Waals surface area (Å²) < 4.78 is 0.880. The summed E-state index contributed by atoms with van der Waals surface area (Å²) in [5.74, 6) is 0.